The minimum Gasteiger partial charge on any atom is -0.508 e. The highest BCUT2D eigenvalue weighted by Gasteiger charge is 2.47. The van der Waals surface area contributed by atoms with Crippen LogP contribution in [-0.4, -0.2) is 44.7 Å². The van der Waals surface area contributed by atoms with Crippen LogP contribution in [0.25, 0.3) is 0 Å². The topological polar surface area (TPSA) is 130 Å². The average Bonchev–Trinajstić information content (AvgIpc) is 3.33. The van der Waals surface area contributed by atoms with Crippen LogP contribution in [0.15, 0.2) is 65.7 Å². The van der Waals surface area contributed by atoms with Crippen molar-refractivity contribution in [3.05, 3.63) is 105 Å². The van der Waals surface area contributed by atoms with Gasteiger partial charge in [-0.1, -0.05) is 59.9 Å². The molecule has 0 saturated heterocycles. The predicted molar refractivity (Wildman–Crippen MR) is 192 cm³/mol. The first-order valence-electron chi connectivity index (χ1n) is 18.6. The van der Waals surface area contributed by atoms with Crippen LogP contribution in [0.3, 0.4) is 0 Å². The standard InChI is InChI=1S/C44H44O8/c1-44(50)35-13-14-38(46)33(18-35)16-25-5-6-27-7-8-28(9-10-30(27)15-25)37-19-31(29-4-2-3-26(17-29)24-45)11-12-32-22-42(48)51-40-23-39(47)34(20-36(32)40)21-41(44)52-43(37)49/h2-6,15,17,20,23,31-33,35,41,45,47,50H,7-10,13-14,16,18-19,21-22,24H2,1H3/b37-28-/t31-,32+,33-,35-,41+,44-/m0/s1. The molecule has 1 saturated carbocycles. The van der Waals surface area contributed by atoms with Crippen molar-refractivity contribution in [3.63, 3.8) is 0 Å². The molecule has 5 aliphatic rings. The Hall–Kier alpha value is -4.71. The number of ketones is 1. The summed E-state index contributed by atoms with van der Waals surface area (Å²) in [4.78, 5) is 41.0. The average molecular weight is 701 g/mol. The number of benzene rings is 3. The zero-order valence-corrected chi connectivity index (χ0v) is 29.5. The van der Waals surface area contributed by atoms with Crippen molar-refractivity contribution < 1.29 is 39.2 Å². The summed E-state index contributed by atoms with van der Waals surface area (Å²) in [6.45, 7) is 1.55. The van der Waals surface area contributed by atoms with E-state index in [0.717, 1.165) is 35.1 Å². The van der Waals surface area contributed by atoms with E-state index in [1.807, 2.05) is 24.3 Å². The fourth-order valence-electron chi connectivity index (χ4n) is 9.10. The largest absolute Gasteiger partial charge is 0.508 e. The first-order valence-corrected chi connectivity index (χ1v) is 18.6. The minimum atomic E-state index is -1.55. The Bertz CT molecular complexity index is 2060. The second kappa shape index (κ2) is 13.7. The van der Waals surface area contributed by atoms with E-state index in [0.29, 0.717) is 55.2 Å². The third-order valence-electron chi connectivity index (χ3n) is 12.3. The number of ether oxygens (including phenoxy) is 2. The number of esters is 2. The van der Waals surface area contributed by atoms with Crippen molar-refractivity contribution in [2.24, 2.45) is 11.8 Å². The number of phenolic OH excluding ortho intramolecular Hbond substituents is 1. The fourth-order valence-corrected chi connectivity index (χ4v) is 9.10. The molecule has 268 valence electrons. The lowest BCUT2D eigenvalue weighted by Crippen LogP contribution is -2.52. The van der Waals surface area contributed by atoms with Gasteiger partial charge in [0.2, 0.25) is 0 Å². The quantitative estimate of drug-likeness (QED) is 0.166. The van der Waals surface area contributed by atoms with E-state index in [4.69, 9.17) is 9.47 Å². The second-order valence-corrected chi connectivity index (χ2v) is 15.5. The number of carbonyl (C=O) groups excluding carboxylic acids is 3. The molecule has 0 unspecified atom stereocenters. The van der Waals surface area contributed by atoms with Gasteiger partial charge >= 0.3 is 11.9 Å². The summed E-state index contributed by atoms with van der Waals surface area (Å²) < 4.78 is 12.1. The van der Waals surface area contributed by atoms with Gasteiger partial charge in [-0.3, -0.25) is 9.59 Å². The van der Waals surface area contributed by atoms with Crippen LogP contribution in [0.1, 0.15) is 103 Å². The van der Waals surface area contributed by atoms with Crippen LogP contribution >= 0.6 is 0 Å². The van der Waals surface area contributed by atoms with E-state index in [9.17, 15) is 29.7 Å². The van der Waals surface area contributed by atoms with Gasteiger partial charge in [-0.25, -0.2) is 4.79 Å². The summed E-state index contributed by atoms with van der Waals surface area (Å²) in [5.41, 5.74) is 6.18. The number of hydrogen-bond donors (Lipinski definition) is 3. The van der Waals surface area contributed by atoms with Crippen molar-refractivity contribution in [1.82, 2.24) is 0 Å². The van der Waals surface area contributed by atoms with Crippen LogP contribution in [-0.2, 0) is 51.4 Å². The van der Waals surface area contributed by atoms with E-state index in [-0.39, 0.29) is 55.0 Å². The number of phenols is 1. The van der Waals surface area contributed by atoms with Gasteiger partial charge in [0.05, 0.1) is 18.9 Å². The summed E-state index contributed by atoms with van der Waals surface area (Å²) in [6, 6.07) is 17.3. The summed E-state index contributed by atoms with van der Waals surface area (Å²) in [5.74, 6) is 4.49. The van der Waals surface area contributed by atoms with Gasteiger partial charge in [0.15, 0.2) is 0 Å². The normalized spacial score (nSPS) is 30.0. The van der Waals surface area contributed by atoms with Gasteiger partial charge in [0.1, 0.15) is 29.0 Å². The number of fused-ring (bicyclic) bond motifs is 9. The molecule has 6 atom stereocenters. The highest BCUT2D eigenvalue weighted by atomic mass is 16.6. The van der Waals surface area contributed by atoms with Crippen molar-refractivity contribution in [2.75, 3.05) is 0 Å². The van der Waals surface area contributed by atoms with Gasteiger partial charge in [-0.05, 0) is 104 Å². The van der Waals surface area contributed by atoms with Crippen molar-refractivity contribution >= 4 is 17.7 Å². The summed E-state index contributed by atoms with van der Waals surface area (Å²) in [6.07, 6.45) is 3.81. The molecule has 8 heteroatoms. The summed E-state index contributed by atoms with van der Waals surface area (Å²) in [7, 11) is 0. The predicted octanol–water partition coefficient (Wildman–Crippen LogP) is 6.09. The molecule has 9 bridgehead atoms. The Balaban J connectivity index is 1.33. The number of aliphatic hydroxyl groups excluding tert-OH is 1. The summed E-state index contributed by atoms with van der Waals surface area (Å²) in [5, 5.41) is 33.9. The molecule has 2 aliphatic carbocycles. The van der Waals surface area contributed by atoms with Crippen LogP contribution in [0, 0.1) is 23.7 Å². The molecule has 3 aliphatic heterocycles. The Morgan fingerprint density at radius 1 is 0.846 bits per heavy atom. The van der Waals surface area contributed by atoms with Crippen LogP contribution in [0.2, 0.25) is 0 Å². The molecular formula is C44H44O8. The Morgan fingerprint density at radius 3 is 2.48 bits per heavy atom. The third-order valence-corrected chi connectivity index (χ3v) is 12.3. The lowest BCUT2D eigenvalue weighted by atomic mass is 9.68. The molecule has 3 heterocycles. The van der Waals surface area contributed by atoms with Gasteiger partial charge in [-0.2, -0.15) is 0 Å². The molecule has 3 aromatic carbocycles. The van der Waals surface area contributed by atoms with E-state index >= 15 is 0 Å². The zero-order valence-electron chi connectivity index (χ0n) is 29.5. The lowest BCUT2D eigenvalue weighted by molar-refractivity contribution is -0.170. The van der Waals surface area contributed by atoms with Crippen LogP contribution in [0.4, 0.5) is 0 Å². The number of carbonyl (C=O) groups is 3. The zero-order chi connectivity index (χ0) is 36.1. The maximum absolute atomic E-state index is 14.8. The van der Waals surface area contributed by atoms with E-state index in [1.54, 1.807) is 13.0 Å². The molecule has 0 radical (unpaired) electrons. The number of aromatic hydroxyl groups is 1. The molecule has 3 aromatic rings. The number of hydrogen-bond acceptors (Lipinski definition) is 8. The van der Waals surface area contributed by atoms with Gasteiger partial charge in [-0.15, -0.1) is 0 Å². The molecule has 8 nitrogen and oxygen atoms in total. The molecule has 0 spiro atoms. The second-order valence-electron chi connectivity index (χ2n) is 15.5. The van der Waals surface area contributed by atoms with Crippen LogP contribution < -0.4 is 4.74 Å². The van der Waals surface area contributed by atoms with E-state index < -0.39 is 35.5 Å². The molecule has 52 heavy (non-hydrogen) atoms. The van der Waals surface area contributed by atoms with Crippen molar-refractivity contribution in [2.45, 2.75) is 108 Å². The minimum absolute atomic E-state index is 0.00932. The molecule has 1 fully saturated rings. The van der Waals surface area contributed by atoms with Crippen LogP contribution in [0.5, 0.6) is 11.5 Å². The molecule has 3 N–H and O–H groups in total. The maximum Gasteiger partial charge on any atom is 0.334 e. The molecule has 0 aromatic heterocycles. The van der Waals surface area contributed by atoms with E-state index in [2.05, 4.69) is 30.0 Å². The highest BCUT2D eigenvalue weighted by Crippen LogP contribution is 2.44. The lowest BCUT2D eigenvalue weighted by Gasteiger charge is -2.42. The Morgan fingerprint density at radius 2 is 1.65 bits per heavy atom. The summed E-state index contributed by atoms with van der Waals surface area (Å²) >= 11 is 0. The maximum atomic E-state index is 14.8. The van der Waals surface area contributed by atoms with Crippen molar-refractivity contribution in [1.29, 1.82) is 0 Å². The number of aliphatic hydroxyl groups is 2. The molecule has 8 rings (SSSR count). The number of rotatable bonds is 2. The number of allylic oxidation sites excluding steroid dienone is 1. The van der Waals surface area contributed by atoms with Gasteiger partial charge in [0, 0.05) is 41.9 Å². The first-order chi connectivity index (χ1) is 25.0. The Kier molecular flexibility index (Phi) is 9.05. The third kappa shape index (κ3) is 6.57. The monoisotopic (exact) mass is 700 g/mol. The molecule has 0 amide bonds. The molecular weight excluding hydrogens is 656 g/mol. The Labute approximate surface area is 303 Å². The SMILES string of the molecule is C[C@]1(O)[C@H]2CCC(=O)[C@@H](Cc3ccc4c(c3)CC/C(=C3/C[C@@H](c5cccc(CO)c5)C#C[C@@H]5CC(=O)Oc6cc(O)c(cc65)C[C@H]1OC3=O)CC4)C2. The number of aryl methyl sites for hydroxylation is 2. The highest BCUT2D eigenvalue weighted by molar-refractivity contribution is 5.90. The first kappa shape index (κ1) is 34.4. The van der Waals surface area contributed by atoms with E-state index in [1.165, 1.54) is 17.2 Å². The fraction of sp³-hybridized carbons (Fsp3) is 0.432. The smallest absolute Gasteiger partial charge is 0.334 e. The van der Waals surface area contributed by atoms with Gasteiger partial charge < -0.3 is 24.8 Å². The van der Waals surface area contributed by atoms with Gasteiger partial charge in [0.25, 0.3) is 0 Å². The number of Topliss-reactive ketones (excluding diaryl/α,β-unsaturated/α-hetero) is 1. The van der Waals surface area contributed by atoms with Crippen molar-refractivity contribution in [3.8, 4) is 23.3 Å².